The van der Waals surface area contributed by atoms with Crippen LogP contribution in [0.5, 0.6) is 0 Å². The zero-order valence-electron chi connectivity index (χ0n) is 9.99. The fourth-order valence-electron chi connectivity index (χ4n) is 0.679. The second-order valence-corrected chi connectivity index (χ2v) is 38.1. The van der Waals surface area contributed by atoms with Crippen molar-refractivity contribution in [2.75, 3.05) is 7.11 Å². The van der Waals surface area contributed by atoms with E-state index in [1.54, 1.807) is 6.92 Å². The van der Waals surface area contributed by atoms with E-state index in [-0.39, 0.29) is 10.9 Å². The monoisotopic (exact) mass is 612 g/mol. The van der Waals surface area contributed by atoms with Crippen molar-refractivity contribution in [3.05, 3.63) is 35.9 Å². The van der Waals surface area contributed by atoms with Gasteiger partial charge >= 0.3 is 70.8 Å². The van der Waals surface area contributed by atoms with Crippen LogP contribution in [0, 0.1) is 6.92 Å². The molecule has 1 aromatic rings. The van der Waals surface area contributed by atoms with E-state index in [1.165, 1.54) is 12.7 Å². The van der Waals surface area contributed by atoms with Crippen molar-refractivity contribution >= 4 is 65.9 Å². The minimum atomic E-state index is -0.278. The van der Waals surface area contributed by atoms with E-state index in [1.807, 2.05) is 18.2 Å². The summed E-state index contributed by atoms with van der Waals surface area (Å²) in [6, 6.07) is 10.3. The Morgan fingerprint density at radius 2 is 1.65 bits per heavy atom. The van der Waals surface area contributed by atoms with E-state index < -0.39 is 0 Å². The molecule has 0 fully saturated rings. The molecule has 0 spiro atoms. The molecule has 0 aliphatic carbocycles. The summed E-state index contributed by atoms with van der Waals surface area (Å²) in [7, 11) is 1.38. The quantitative estimate of drug-likeness (QED) is 0.322. The van der Waals surface area contributed by atoms with Gasteiger partial charge in [0, 0.05) is 6.42 Å². The molecule has 0 unspecified atom stereocenters. The number of hydrogen-bond donors (Lipinski definition) is 0. The molecular weight excluding hydrogens is 596 g/mol. The number of ether oxygens (including phenoxy) is 1. The number of benzene rings is 1. The summed E-state index contributed by atoms with van der Waals surface area (Å²) in [6.45, 7) is 3.84. The normalized spacial score (nSPS) is 8.41. The van der Waals surface area contributed by atoms with E-state index in [0.29, 0.717) is 6.42 Å². The fourth-order valence-corrected chi connectivity index (χ4v) is 0.679. The molecule has 0 aliphatic heterocycles. The second kappa shape index (κ2) is 15.5. The zero-order chi connectivity index (χ0) is 13.7. The first-order valence-corrected chi connectivity index (χ1v) is 18.3. The molecule has 0 aliphatic rings. The fraction of sp³-hybridized carbons (Fsp3) is 0.364. The van der Waals surface area contributed by atoms with Crippen molar-refractivity contribution < 1.29 is 14.5 Å². The Balaban J connectivity index is 0. The zero-order valence-corrected chi connectivity index (χ0v) is 17.9. The first-order chi connectivity index (χ1) is 7.93. The Kier molecular flexibility index (Phi) is 19.0. The van der Waals surface area contributed by atoms with Gasteiger partial charge in [-0.1, -0.05) is 42.8 Å². The number of rotatable bonds is 1. The average molecular weight is 612 g/mol. The minimum absolute atomic E-state index is 0.157. The first-order valence-electron chi connectivity index (χ1n) is 4.79. The van der Waals surface area contributed by atoms with Crippen LogP contribution in [-0.2, 0) is 14.5 Å². The Bertz CT molecular complexity index is 273. The van der Waals surface area contributed by atoms with Crippen molar-refractivity contribution in [3.8, 4) is 0 Å². The summed E-state index contributed by atoms with van der Waals surface area (Å²) in [5.41, 5.74) is 1.32. The van der Waals surface area contributed by atoms with Gasteiger partial charge in [-0.05, 0) is 6.92 Å². The molecule has 6 heteroatoms. The van der Waals surface area contributed by atoms with E-state index in [9.17, 15) is 4.79 Å². The van der Waals surface area contributed by atoms with Gasteiger partial charge in [0.1, 0.15) is 0 Å². The van der Waals surface area contributed by atoms with Gasteiger partial charge in [-0.2, -0.15) is 0 Å². The van der Waals surface area contributed by atoms with Crippen LogP contribution in [0.25, 0.3) is 0 Å². The molecule has 0 saturated heterocycles. The molecule has 1 aromatic carbocycles. The van der Waals surface area contributed by atoms with Crippen LogP contribution < -0.4 is 0 Å². The number of carbonyl (C=O) groups is 1. The third-order valence-corrected chi connectivity index (χ3v) is 1.46. The predicted molar refractivity (Wildman–Crippen MR) is 95.5 cm³/mol. The Morgan fingerprint density at radius 3 is 1.76 bits per heavy atom. The Hall–Kier alpha value is 1.46. The van der Waals surface area contributed by atoms with Crippen molar-refractivity contribution in [1.82, 2.24) is 0 Å². The summed E-state index contributed by atoms with van der Waals surface area (Å²) in [5, 5.41) is 0. The molecule has 17 heavy (non-hydrogen) atoms. The van der Waals surface area contributed by atoms with Crippen molar-refractivity contribution in [3.63, 3.8) is 0 Å². The molecule has 0 N–H and O–H groups in total. The first kappa shape index (κ1) is 20.8. The van der Waals surface area contributed by atoms with Crippen LogP contribution in [0.15, 0.2) is 30.3 Å². The third-order valence-electron chi connectivity index (χ3n) is 1.46. The maximum absolute atomic E-state index is 9.96. The number of methoxy groups -OCH3 is 1. The summed E-state index contributed by atoms with van der Waals surface area (Å²) in [5.74, 6) is -0.157. The van der Waals surface area contributed by atoms with E-state index in [0.717, 1.165) is 0 Å². The van der Waals surface area contributed by atoms with Crippen LogP contribution in [0.1, 0.15) is 18.9 Å². The molecular formula is C11H16I3O2V. The predicted octanol–water partition coefficient (Wildman–Crippen LogP) is 5.22. The molecule has 0 atom stereocenters. The second-order valence-electron chi connectivity index (χ2n) is 2.78. The SMILES string of the molecule is CCC(=O)OC.Cc1ccccc1.[I][V]([I])[I]. The molecule has 0 aromatic heterocycles. The molecule has 0 amide bonds. The number of carbonyl (C=O) groups excluding carboxylic acids is 1. The summed E-state index contributed by atoms with van der Waals surface area (Å²) in [6.07, 6.45) is 0.469. The van der Waals surface area contributed by atoms with Crippen LogP contribution in [0.2, 0.25) is 0 Å². The number of hydrogen-bond acceptors (Lipinski definition) is 2. The van der Waals surface area contributed by atoms with Gasteiger partial charge < -0.3 is 4.74 Å². The molecule has 0 radical (unpaired) electrons. The summed E-state index contributed by atoms with van der Waals surface area (Å²) in [4.78, 5) is 9.68. The average Bonchev–Trinajstić information content (AvgIpc) is 2.29. The van der Waals surface area contributed by atoms with Crippen molar-refractivity contribution in [1.29, 1.82) is 0 Å². The van der Waals surface area contributed by atoms with Gasteiger partial charge in [0.25, 0.3) is 0 Å². The van der Waals surface area contributed by atoms with Gasteiger partial charge in [-0.3, -0.25) is 4.79 Å². The number of esters is 1. The number of halogens is 3. The van der Waals surface area contributed by atoms with E-state index in [2.05, 4.69) is 83.7 Å². The Labute approximate surface area is 141 Å². The molecule has 1 rings (SSSR count). The van der Waals surface area contributed by atoms with Gasteiger partial charge in [-0.15, -0.1) is 0 Å². The van der Waals surface area contributed by atoms with E-state index in [4.69, 9.17) is 0 Å². The molecule has 0 saturated carbocycles. The van der Waals surface area contributed by atoms with Gasteiger partial charge in [0.2, 0.25) is 0 Å². The van der Waals surface area contributed by atoms with E-state index >= 15 is 0 Å². The number of aryl methyl sites for hydroxylation is 1. The van der Waals surface area contributed by atoms with Crippen LogP contribution in [0.4, 0.5) is 0 Å². The topological polar surface area (TPSA) is 26.3 Å². The van der Waals surface area contributed by atoms with Gasteiger partial charge in [0.05, 0.1) is 7.11 Å². The molecule has 98 valence electrons. The molecule has 0 bridgehead atoms. The van der Waals surface area contributed by atoms with Crippen LogP contribution in [-0.4, -0.2) is 13.1 Å². The van der Waals surface area contributed by atoms with Crippen molar-refractivity contribution in [2.24, 2.45) is 0 Å². The summed E-state index contributed by atoms with van der Waals surface area (Å²) < 4.78 is 4.26. The Morgan fingerprint density at radius 1 is 1.24 bits per heavy atom. The van der Waals surface area contributed by atoms with Crippen molar-refractivity contribution in [2.45, 2.75) is 20.3 Å². The van der Waals surface area contributed by atoms with Gasteiger partial charge in [0.15, 0.2) is 0 Å². The maximum atomic E-state index is 9.96. The van der Waals surface area contributed by atoms with Crippen LogP contribution >= 0.6 is 59.9 Å². The van der Waals surface area contributed by atoms with Gasteiger partial charge in [-0.25, -0.2) is 0 Å². The van der Waals surface area contributed by atoms with Crippen LogP contribution in [0.3, 0.4) is 0 Å². The standard InChI is InChI=1S/C7H8.C4H8O2.3HI.V/c1-7-5-3-2-4-6-7;1-3-4(5)6-2;;;;/h2-6H,1H3;3H2,1-2H3;3*1H;/q;;;;;+3/p-3. The third kappa shape index (κ3) is 23.0. The summed E-state index contributed by atoms with van der Waals surface area (Å²) >= 11 is 7.39. The molecule has 0 heterocycles. The molecule has 2 nitrogen and oxygen atoms in total.